The van der Waals surface area contributed by atoms with E-state index in [0.29, 0.717) is 5.82 Å². The van der Waals surface area contributed by atoms with E-state index in [1.165, 1.54) is 0 Å². The van der Waals surface area contributed by atoms with E-state index in [1.54, 1.807) is 13.4 Å². The van der Waals surface area contributed by atoms with Gasteiger partial charge < -0.3 is 9.64 Å². The average Bonchev–Trinajstić information content (AvgIpc) is 2.46. The minimum absolute atomic E-state index is 0.630. The van der Waals surface area contributed by atoms with Gasteiger partial charge in [0.1, 0.15) is 5.75 Å². The lowest BCUT2D eigenvalue weighted by molar-refractivity contribution is 0.415. The van der Waals surface area contributed by atoms with Crippen LogP contribution in [0.3, 0.4) is 0 Å². The molecule has 0 N–H and O–H groups in total. The van der Waals surface area contributed by atoms with Crippen LogP contribution in [-0.2, 0) is 0 Å². The molecule has 0 spiro atoms. The fourth-order valence-electron chi connectivity index (χ4n) is 1.70. The van der Waals surface area contributed by atoms with Crippen molar-refractivity contribution in [1.29, 1.82) is 0 Å². The average molecular weight is 270 g/mol. The fourth-order valence-corrected chi connectivity index (χ4v) is 1.70. The summed E-state index contributed by atoms with van der Waals surface area (Å²) < 4.78 is 5.22. The van der Waals surface area contributed by atoms with Crippen molar-refractivity contribution in [1.82, 2.24) is 15.1 Å². The van der Waals surface area contributed by atoms with Crippen molar-refractivity contribution in [2.75, 3.05) is 21.2 Å². The van der Waals surface area contributed by atoms with E-state index in [0.717, 1.165) is 22.6 Å². The molecule has 5 nitrogen and oxygen atoms in total. The summed E-state index contributed by atoms with van der Waals surface area (Å²) in [6, 6.07) is 9.73. The lowest BCUT2D eigenvalue weighted by Crippen LogP contribution is -2.07. The summed E-state index contributed by atoms with van der Waals surface area (Å²) in [4.78, 5) is 6.13. The Bertz CT molecular complexity index is 623. The number of aromatic nitrogens is 2. The third-order valence-corrected chi connectivity index (χ3v) is 2.73. The minimum atomic E-state index is 0.630. The molecule has 5 heteroatoms. The van der Waals surface area contributed by atoms with Gasteiger partial charge in [-0.1, -0.05) is 12.1 Å². The highest BCUT2D eigenvalue weighted by Crippen LogP contribution is 2.24. The van der Waals surface area contributed by atoms with Gasteiger partial charge in [0.25, 0.3) is 0 Å². The van der Waals surface area contributed by atoms with Crippen LogP contribution in [-0.4, -0.2) is 42.6 Å². The number of rotatable bonds is 4. The van der Waals surface area contributed by atoms with Gasteiger partial charge >= 0.3 is 0 Å². The van der Waals surface area contributed by atoms with Crippen LogP contribution in [0.1, 0.15) is 5.56 Å². The molecule has 0 fully saturated rings. The van der Waals surface area contributed by atoms with Crippen molar-refractivity contribution in [2.45, 2.75) is 6.92 Å². The maximum Gasteiger partial charge on any atom is 0.178 e. The van der Waals surface area contributed by atoms with Crippen LogP contribution in [0.2, 0.25) is 0 Å². The second-order valence-corrected chi connectivity index (χ2v) is 4.68. The first-order valence-electron chi connectivity index (χ1n) is 6.29. The van der Waals surface area contributed by atoms with Gasteiger partial charge in [-0.25, -0.2) is 4.99 Å². The summed E-state index contributed by atoms with van der Waals surface area (Å²) in [5, 5.41) is 8.39. The topological polar surface area (TPSA) is 50.6 Å². The normalized spacial score (nSPS) is 10.8. The second kappa shape index (κ2) is 6.14. The van der Waals surface area contributed by atoms with Crippen molar-refractivity contribution in [3.63, 3.8) is 0 Å². The molecule has 2 aromatic rings. The summed E-state index contributed by atoms with van der Waals surface area (Å²) in [7, 11) is 5.48. The zero-order valence-corrected chi connectivity index (χ0v) is 12.2. The summed E-state index contributed by atoms with van der Waals surface area (Å²) in [6.45, 7) is 1.97. The van der Waals surface area contributed by atoms with Crippen LogP contribution in [0.5, 0.6) is 5.75 Å². The maximum atomic E-state index is 5.22. The Labute approximate surface area is 118 Å². The van der Waals surface area contributed by atoms with Gasteiger partial charge in [0, 0.05) is 19.7 Å². The molecule has 1 aromatic carbocycles. The highest BCUT2D eigenvalue weighted by Gasteiger charge is 2.05. The monoisotopic (exact) mass is 270 g/mol. The molecule has 20 heavy (non-hydrogen) atoms. The zero-order valence-electron chi connectivity index (χ0n) is 12.2. The number of benzene rings is 1. The number of aryl methyl sites for hydroxylation is 1. The molecule has 0 saturated carbocycles. The first kappa shape index (κ1) is 14.0. The summed E-state index contributed by atoms with van der Waals surface area (Å²) >= 11 is 0. The largest absolute Gasteiger partial charge is 0.497 e. The number of hydrogen-bond acceptors (Lipinski definition) is 4. The Kier molecular flexibility index (Phi) is 4.30. The summed E-state index contributed by atoms with van der Waals surface area (Å²) in [6.07, 6.45) is 1.71. The second-order valence-electron chi connectivity index (χ2n) is 4.68. The Hall–Kier alpha value is -2.43. The molecule has 104 valence electrons. The zero-order chi connectivity index (χ0) is 14.5. The van der Waals surface area contributed by atoms with E-state index in [4.69, 9.17) is 4.74 Å². The molecule has 2 rings (SSSR count). The molecule has 0 aliphatic rings. The number of methoxy groups -OCH3 is 1. The molecule has 0 unspecified atom stereocenters. The SMILES string of the molecule is COc1cccc(-c2cc(C)c(N=CN(C)C)nn2)c1. The lowest BCUT2D eigenvalue weighted by atomic mass is 10.1. The molecule has 0 aliphatic heterocycles. The number of nitrogens with zero attached hydrogens (tertiary/aromatic N) is 4. The lowest BCUT2D eigenvalue weighted by Gasteiger charge is -2.06. The van der Waals surface area contributed by atoms with Gasteiger partial charge in [0.05, 0.1) is 19.1 Å². The van der Waals surface area contributed by atoms with Gasteiger partial charge in [0.2, 0.25) is 0 Å². The van der Waals surface area contributed by atoms with Crippen LogP contribution in [0, 0.1) is 6.92 Å². The van der Waals surface area contributed by atoms with Gasteiger partial charge in [-0.05, 0) is 30.7 Å². The number of ether oxygens (including phenoxy) is 1. The molecule has 0 saturated heterocycles. The van der Waals surface area contributed by atoms with E-state index in [1.807, 2.05) is 56.3 Å². The highest BCUT2D eigenvalue weighted by molar-refractivity contribution is 5.65. The molecule has 0 atom stereocenters. The molecule has 0 radical (unpaired) electrons. The van der Waals surface area contributed by atoms with E-state index in [9.17, 15) is 0 Å². The van der Waals surface area contributed by atoms with Crippen molar-refractivity contribution >= 4 is 12.2 Å². The fraction of sp³-hybridized carbons (Fsp3) is 0.267. The third-order valence-electron chi connectivity index (χ3n) is 2.73. The molecule has 0 amide bonds. The minimum Gasteiger partial charge on any atom is -0.497 e. The van der Waals surface area contributed by atoms with E-state index in [2.05, 4.69) is 15.2 Å². The Morgan fingerprint density at radius 1 is 1.20 bits per heavy atom. The highest BCUT2D eigenvalue weighted by atomic mass is 16.5. The molecular formula is C15H18N4O. The van der Waals surface area contributed by atoms with Crippen LogP contribution in [0.4, 0.5) is 5.82 Å². The first-order chi connectivity index (χ1) is 9.60. The number of aliphatic imine (C=N–C) groups is 1. The van der Waals surface area contributed by atoms with Crippen molar-refractivity contribution in [2.24, 2.45) is 4.99 Å². The van der Waals surface area contributed by atoms with Crippen molar-refractivity contribution in [3.8, 4) is 17.0 Å². The Morgan fingerprint density at radius 3 is 2.65 bits per heavy atom. The van der Waals surface area contributed by atoms with Crippen LogP contribution in [0.25, 0.3) is 11.3 Å². The van der Waals surface area contributed by atoms with E-state index >= 15 is 0 Å². The Morgan fingerprint density at radius 2 is 2.00 bits per heavy atom. The van der Waals surface area contributed by atoms with E-state index in [-0.39, 0.29) is 0 Å². The van der Waals surface area contributed by atoms with Crippen molar-refractivity contribution in [3.05, 3.63) is 35.9 Å². The molecule has 1 heterocycles. The maximum absolute atomic E-state index is 5.22. The van der Waals surface area contributed by atoms with E-state index < -0.39 is 0 Å². The smallest absolute Gasteiger partial charge is 0.178 e. The predicted octanol–water partition coefficient (Wildman–Crippen LogP) is 2.68. The van der Waals surface area contributed by atoms with Gasteiger partial charge in [0.15, 0.2) is 5.82 Å². The molecule has 1 aromatic heterocycles. The van der Waals surface area contributed by atoms with Gasteiger partial charge in [-0.3, -0.25) is 0 Å². The molecule has 0 aliphatic carbocycles. The summed E-state index contributed by atoms with van der Waals surface area (Å²) in [5.74, 6) is 1.43. The molecular weight excluding hydrogens is 252 g/mol. The van der Waals surface area contributed by atoms with Gasteiger partial charge in [-0.2, -0.15) is 0 Å². The quantitative estimate of drug-likeness (QED) is 0.633. The van der Waals surface area contributed by atoms with Crippen molar-refractivity contribution < 1.29 is 4.74 Å². The third kappa shape index (κ3) is 3.32. The Balaban J connectivity index is 2.32. The summed E-state index contributed by atoms with van der Waals surface area (Å²) in [5.41, 5.74) is 2.77. The first-order valence-corrected chi connectivity index (χ1v) is 6.29. The van der Waals surface area contributed by atoms with Crippen LogP contribution >= 0.6 is 0 Å². The standard InChI is InChI=1S/C15H18N4O/c1-11-8-14(12-6-5-7-13(9-12)20-4)17-18-15(11)16-10-19(2)3/h5-10H,1-4H3. The van der Waals surface area contributed by atoms with Crippen LogP contribution < -0.4 is 4.74 Å². The predicted molar refractivity (Wildman–Crippen MR) is 80.6 cm³/mol. The molecule has 0 bridgehead atoms. The van der Waals surface area contributed by atoms with Gasteiger partial charge in [-0.15, -0.1) is 10.2 Å². The van der Waals surface area contributed by atoms with Crippen LogP contribution in [0.15, 0.2) is 35.3 Å². The number of hydrogen-bond donors (Lipinski definition) is 0.